The van der Waals surface area contributed by atoms with Gasteiger partial charge in [0, 0.05) is 16.7 Å². The molecule has 0 aliphatic heterocycles. The number of nitrogens with zero attached hydrogens (tertiary/aromatic N) is 4. The summed E-state index contributed by atoms with van der Waals surface area (Å²) in [6, 6.07) is 82.9. The molecular weight excluding hydrogens is 801 g/mol. The second-order valence-corrected chi connectivity index (χ2v) is 16.7. The van der Waals surface area contributed by atoms with Crippen molar-refractivity contribution in [3.05, 3.63) is 236 Å². The van der Waals surface area contributed by atoms with Gasteiger partial charge in [-0.15, -0.1) is 0 Å². The molecule has 0 aliphatic carbocycles. The van der Waals surface area contributed by atoms with Crippen LogP contribution in [0.25, 0.3) is 122 Å². The molecule has 0 atom stereocenters. The maximum Gasteiger partial charge on any atom is 0.164 e. The average Bonchev–Trinajstić information content (AvgIpc) is 3.40. The van der Waals surface area contributed by atoms with E-state index in [2.05, 4.69) is 200 Å². The van der Waals surface area contributed by atoms with Gasteiger partial charge in [0.1, 0.15) is 0 Å². The molecule has 0 aliphatic rings. The minimum Gasteiger partial charge on any atom is -0.208 e. The van der Waals surface area contributed by atoms with E-state index in [0.29, 0.717) is 23.0 Å². The Morgan fingerprint density at radius 3 is 1.47 bits per heavy atom. The highest BCUT2D eigenvalue weighted by atomic mass is 15.0. The summed E-state index contributed by atoms with van der Waals surface area (Å²) in [7, 11) is 0. The molecule has 0 amide bonds. The van der Waals surface area contributed by atoms with E-state index in [1.165, 1.54) is 32.3 Å². The van der Waals surface area contributed by atoms with Crippen molar-refractivity contribution >= 4 is 43.1 Å². The van der Waals surface area contributed by atoms with Crippen LogP contribution in [0.15, 0.2) is 231 Å². The van der Waals surface area contributed by atoms with Crippen molar-refractivity contribution in [2.24, 2.45) is 0 Å². The summed E-state index contributed by atoms with van der Waals surface area (Å²) >= 11 is 0. The monoisotopic (exact) mass is 838 g/mol. The predicted molar refractivity (Wildman–Crippen MR) is 273 cm³/mol. The number of hydrogen-bond acceptors (Lipinski definition) is 4. The Labute approximate surface area is 382 Å². The molecule has 0 radical (unpaired) electrons. The molecule has 0 N–H and O–H groups in total. The quantitative estimate of drug-likeness (QED) is 0.150. The smallest absolute Gasteiger partial charge is 0.164 e. The summed E-state index contributed by atoms with van der Waals surface area (Å²) in [6.07, 6.45) is 0. The largest absolute Gasteiger partial charge is 0.208 e. The van der Waals surface area contributed by atoms with Crippen LogP contribution in [0, 0.1) is 11.3 Å². The van der Waals surface area contributed by atoms with Crippen molar-refractivity contribution in [1.82, 2.24) is 15.0 Å². The van der Waals surface area contributed by atoms with Crippen molar-refractivity contribution in [1.29, 1.82) is 5.26 Å². The molecule has 0 spiro atoms. The first-order chi connectivity index (χ1) is 32.6. The van der Waals surface area contributed by atoms with Crippen LogP contribution in [-0.4, -0.2) is 15.0 Å². The molecule has 0 fully saturated rings. The standard InChI is InChI=1S/C62H38N4/c63-39-50-37-48(54-20-8-9-21-55(54)49-31-28-43-27-26-41-12-5-7-19-53(41)59(43)38-49)33-34-51(50)47-17-10-16-46(36-47)40-24-29-45(30-25-40)61-64-60(44-14-2-1-3-15-44)65-62(66-61)58-23-11-22-56-52-18-6-4-13-42(52)32-35-57(56)58/h1-38H. The molecule has 0 bridgehead atoms. The number of hydrogen-bond donors (Lipinski definition) is 0. The Morgan fingerprint density at radius 2 is 0.727 bits per heavy atom. The minimum absolute atomic E-state index is 0.603. The Morgan fingerprint density at radius 1 is 0.258 bits per heavy atom. The Hall–Kier alpha value is -9.04. The zero-order chi connectivity index (χ0) is 44.0. The van der Waals surface area contributed by atoms with Gasteiger partial charge in [0.2, 0.25) is 0 Å². The van der Waals surface area contributed by atoms with Gasteiger partial charge in [-0.1, -0.05) is 212 Å². The van der Waals surface area contributed by atoms with Gasteiger partial charge >= 0.3 is 0 Å². The molecule has 12 aromatic rings. The van der Waals surface area contributed by atoms with Gasteiger partial charge in [-0.05, 0) is 106 Å². The fraction of sp³-hybridized carbons (Fsp3) is 0. The maximum atomic E-state index is 10.6. The van der Waals surface area contributed by atoms with Crippen molar-refractivity contribution in [2.75, 3.05) is 0 Å². The molecule has 11 aromatic carbocycles. The van der Waals surface area contributed by atoms with Crippen LogP contribution in [0.1, 0.15) is 5.56 Å². The molecule has 4 nitrogen and oxygen atoms in total. The summed E-state index contributed by atoms with van der Waals surface area (Å²) in [4.78, 5) is 15.2. The summed E-state index contributed by atoms with van der Waals surface area (Å²) in [5.41, 5.74) is 11.7. The van der Waals surface area contributed by atoms with E-state index in [0.717, 1.165) is 72.0 Å². The number of nitriles is 1. The normalized spacial score (nSPS) is 11.3. The zero-order valence-corrected chi connectivity index (χ0v) is 35.7. The number of fused-ring (bicyclic) bond motifs is 6. The van der Waals surface area contributed by atoms with E-state index in [1.54, 1.807) is 0 Å². The Kier molecular flexibility index (Phi) is 9.51. The molecule has 306 valence electrons. The van der Waals surface area contributed by atoms with Crippen LogP contribution < -0.4 is 0 Å². The van der Waals surface area contributed by atoms with Crippen LogP contribution in [0.5, 0.6) is 0 Å². The summed E-state index contributed by atoms with van der Waals surface area (Å²) in [5, 5.41) is 20.1. The van der Waals surface area contributed by atoms with Crippen LogP contribution in [-0.2, 0) is 0 Å². The number of rotatable bonds is 7. The van der Waals surface area contributed by atoms with Crippen molar-refractivity contribution in [3.63, 3.8) is 0 Å². The first-order valence-electron chi connectivity index (χ1n) is 22.1. The second-order valence-electron chi connectivity index (χ2n) is 16.7. The van der Waals surface area contributed by atoms with Gasteiger partial charge in [0.05, 0.1) is 11.6 Å². The van der Waals surface area contributed by atoms with Crippen molar-refractivity contribution in [2.45, 2.75) is 0 Å². The summed E-state index contributed by atoms with van der Waals surface area (Å²) < 4.78 is 0. The molecule has 1 aromatic heterocycles. The number of aromatic nitrogens is 3. The van der Waals surface area contributed by atoms with E-state index in [-0.39, 0.29) is 0 Å². The lowest BCUT2D eigenvalue weighted by atomic mass is 9.89. The van der Waals surface area contributed by atoms with Crippen LogP contribution >= 0.6 is 0 Å². The third kappa shape index (κ3) is 6.93. The molecule has 4 heteroatoms. The maximum absolute atomic E-state index is 10.6. The van der Waals surface area contributed by atoms with Gasteiger partial charge in [0.15, 0.2) is 17.5 Å². The second kappa shape index (κ2) is 16.3. The van der Waals surface area contributed by atoms with E-state index in [1.807, 2.05) is 36.4 Å². The van der Waals surface area contributed by atoms with Crippen LogP contribution in [0.3, 0.4) is 0 Å². The zero-order valence-electron chi connectivity index (χ0n) is 35.7. The van der Waals surface area contributed by atoms with Gasteiger partial charge in [-0.3, -0.25) is 0 Å². The highest BCUT2D eigenvalue weighted by molar-refractivity contribution is 6.12. The third-order valence-corrected chi connectivity index (χ3v) is 12.8. The summed E-state index contributed by atoms with van der Waals surface area (Å²) in [5.74, 6) is 1.85. The fourth-order valence-electron chi connectivity index (χ4n) is 9.47. The van der Waals surface area contributed by atoms with E-state index in [4.69, 9.17) is 15.0 Å². The van der Waals surface area contributed by atoms with E-state index >= 15 is 0 Å². The molecule has 66 heavy (non-hydrogen) atoms. The SMILES string of the molecule is N#Cc1cc(-c2ccccc2-c2ccc3ccc4ccccc4c3c2)ccc1-c1cccc(-c2ccc(-c3nc(-c4ccccc4)nc(-c4cccc5c4ccc4ccccc45)n3)cc2)c1. The van der Waals surface area contributed by atoms with E-state index in [9.17, 15) is 5.26 Å². The average molecular weight is 839 g/mol. The molecule has 12 rings (SSSR count). The third-order valence-electron chi connectivity index (χ3n) is 12.8. The van der Waals surface area contributed by atoms with Crippen molar-refractivity contribution in [3.8, 4) is 84.7 Å². The molecule has 0 unspecified atom stereocenters. The number of benzene rings is 11. The van der Waals surface area contributed by atoms with Gasteiger partial charge in [-0.25, -0.2) is 15.0 Å². The lowest BCUT2D eigenvalue weighted by Gasteiger charge is -2.14. The molecular formula is C62H38N4. The molecule has 0 saturated carbocycles. The van der Waals surface area contributed by atoms with Crippen LogP contribution in [0.2, 0.25) is 0 Å². The lowest BCUT2D eigenvalue weighted by molar-refractivity contribution is 1.08. The van der Waals surface area contributed by atoms with Crippen molar-refractivity contribution < 1.29 is 0 Å². The lowest BCUT2D eigenvalue weighted by Crippen LogP contribution is -2.00. The summed E-state index contributed by atoms with van der Waals surface area (Å²) in [6.45, 7) is 0. The molecule has 0 saturated heterocycles. The van der Waals surface area contributed by atoms with E-state index < -0.39 is 0 Å². The fourth-order valence-corrected chi connectivity index (χ4v) is 9.47. The Bertz CT molecular complexity index is 3890. The van der Waals surface area contributed by atoms with Crippen LogP contribution in [0.4, 0.5) is 0 Å². The Balaban J connectivity index is 0.876. The molecule has 1 heterocycles. The highest BCUT2D eigenvalue weighted by Gasteiger charge is 2.17. The minimum atomic E-state index is 0.603. The predicted octanol–water partition coefficient (Wildman–Crippen LogP) is 16.0. The topological polar surface area (TPSA) is 62.5 Å². The first-order valence-corrected chi connectivity index (χ1v) is 22.1. The highest BCUT2D eigenvalue weighted by Crippen LogP contribution is 2.39. The first kappa shape index (κ1) is 38.6. The van der Waals surface area contributed by atoms with Gasteiger partial charge in [0.25, 0.3) is 0 Å². The van der Waals surface area contributed by atoms with Gasteiger partial charge < -0.3 is 0 Å². The van der Waals surface area contributed by atoms with Gasteiger partial charge in [-0.2, -0.15) is 5.26 Å².